The molecule has 1 rings (SSSR count). The molecular weight excluding hydrogens is 240 g/mol. The van der Waals surface area contributed by atoms with E-state index in [1.54, 1.807) is 6.20 Å². The summed E-state index contributed by atoms with van der Waals surface area (Å²) in [7, 11) is 0. The number of hydrogen-bond donors (Lipinski definition) is 3. The van der Waals surface area contributed by atoms with Crippen molar-refractivity contribution in [1.29, 1.82) is 0 Å². The van der Waals surface area contributed by atoms with Crippen LogP contribution in [0.3, 0.4) is 0 Å². The number of nitrogen functional groups attached to an aromatic ring is 1. The third-order valence-electron chi connectivity index (χ3n) is 3.08. The maximum Gasteiger partial charge on any atom is 0.250 e. The Morgan fingerprint density at radius 1 is 1.42 bits per heavy atom. The Hall–Kier alpha value is -1.78. The molecule has 0 bridgehead atoms. The summed E-state index contributed by atoms with van der Waals surface area (Å²) in [5.41, 5.74) is 12.0. The zero-order valence-corrected chi connectivity index (χ0v) is 11.8. The number of carbonyl (C=O) groups is 1. The van der Waals surface area contributed by atoms with E-state index < -0.39 is 5.91 Å². The molecule has 5 N–H and O–H groups in total. The van der Waals surface area contributed by atoms with Crippen LogP contribution in [0.25, 0.3) is 0 Å². The number of primary amides is 1. The molecule has 1 heterocycles. The minimum atomic E-state index is -0.491. The lowest BCUT2D eigenvalue weighted by atomic mass is 10.1. The van der Waals surface area contributed by atoms with Gasteiger partial charge in [0.15, 0.2) is 0 Å². The van der Waals surface area contributed by atoms with Crippen molar-refractivity contribution in [3.8, 4) is 0 Å². The molecule has 0 saturated carbocycles. The molecule has 0 aliphatic heterocycles. The molecule has 0 saturated heterocycles. The normalized spacial score (nSPS) is 12.1. The Morgan fingerprint density at radius 3 is 2.79 bits per heavy atom. The van der Waals surface area contributed by atoms with Crippen molar-refractivity contribution in [2.45, 2.75) is 52.0 Å². The average Bonchev–Trinajstić information content (AvgIpc) is 2.36. The Labute approximate surface area is 114 Å². The van der Waals surface area contributed by atoms with E-state index in [1.807, 2.05) is 0 Å². The quantitative estimate of drug-likeness (QED) is 0.629. The summed E-state index contributed by atoms with van der Waals surface area (Å²) < 4.78 is 0. The van der Waals surface area contributed by atoms with Gasteiger partial charge in [0.05, 0.1) is 17.4 Å². The van der Waals surface area contributed by atoms with Crippen molar-refractivity contribution in [3.63, 3.8) is 0 Å². The summed E-state index contributed by atoms with van der Waals surface area (Å²) in [4.78, 5) is 15.3. The molecule has 19 heavy (non-hydrogen) atoms. The van der Waals surface area contributed by atoms with Crippen LogP contribution in [-0.4, -0.2) is 16.9 Å². The highest BCUT2D eigenvalue weighted by Crippen LogP contribution is 2.18. The summed E-state index contributed by atoms with van der Waals surface area (Å²) in [6.07, 6.45) is 7.54. The van der Waals surface area contributed by atoms with Gasteiger partial charge in [0.25, 0.3) is 5.91 Å². The van der Waals surface area contributed by atoms with E-state index in [0.29, 0.717) is 17.1 Å². The summed E-state index contributed by atoms with van der Waals surface area (Å²) >= 11 is 0. The van der Waals surface area contributed by atoms with Crippen LogP contribution >= 0.6 is 0 Å². The Morgan fingerprint density at radius 2 is 2.16 bits per heavy atom. The Balaban J connectivity index is 2.58. The molecule has 0 aromatic carbocycles. The zero-order chi connectivity index (χ0) is 14.3. The lowest BCUT2D eigenvalue weighted by molar-refractivity contribution is 0.100. The average molecular weight is 264 g/mol. The van der Waals surface area contributed by atoms with Crippen LogP contribution < -0.4 is 16.8 Å². The molecule has 1 unspecified atom stereocenters. The van der Waals surface area contributed by atoms with Crippen molar-refractivity contribution in [1.82, 2.24) is 4.98 Å². The van der Waals surface area contributed by atoms with Gasteiger partial charge >= 0.3 is 0 Å². The van der Waals surface area contributed by atoms with Crippen LogP contribution in [0.1, 0.15) is 56.3 Å². The van der Waals surface area contributed by atoms with Gasteiger partial charge in [-0.15, -0.1) is 0 Å². The highest BCUT2D eigenvalue weighted by molar-refractivity contribution is 5.99. The SMILES string of the molecule is CCCCCCC(C)Nc1cnc(N)cc1C(N)=O. The van der Waals surface area contributed by atoms with Crippen molar-refractivity contribution >= 4 is 17.4 Å². The van der Waals surface area contributed by atoms with E-state index in [0.717, 1.165) is 6.42 Å². The first-order chi connectivity index (χ1) is 9.04. The van der Waals surface area contributed by atoms with Crippen LogP contribution in [0.15, 0.2) is 12.3 Å². The zero-order valence-electron chi connectivity index (χ0n) is 11.8. The molecule has 5 heteroatoms. The van der Waals surface area contributed by atoms with Gasteiger partial charge < -0.3 is 16.8 Å². The monoisotopic (exact) mass is 264 g/mol. The van der Waals surface area contributed by atoms with Crippen LogP contribution in [0.4, 0.5) is 11.5 Å². The number of pyridine rings is 1. The fourth-order valence-corrected chi connectivity index (χ4v) is 2.01. The fourth-order valence-electron chi connectivity index (χ4n) is 2.01. The van der Waals surface area contributed by atoms with E-state index in [2.05, 4.69) is 24.1 Å². The van der Waals surface area contributed by atoms with E-state index >= 15 is 0 Å². The molecule has 0 radical (unpaired) electrons. The third kappa shape index (κ3) is 5.16. The minimum absolute atomic E-state index is 0.278. The van der Waals surface area contributed by atoms with Crippen molar-refractivity contribution in [2.75, 3.05) is 11.1 Å². The highest BCUT2D eigenvalue weighted by atomic mass is 16.1. The highest BCUT2D eigenvalue weighted by Gasteiger charge is 2.11. The molecule has 106 valence electrons. The molecule has 1 aromatic heterocycles. The first-order valence-electron chi connectivity index (χ1n) is 6.86. The number of carbonyl (C=O) groups excluding carboxylic acids is 1. The summed E-state index contributed by atoms with van der Waals surface area (Å²) in [6.45, 7) is 4.29. The number of nitrogens with two attached hydrogens (primary N) is 2. The second-order valence-corrected chi connectivity index (χ2v) is 4.91. The summed E-state index contributed by atoms with van der Waals surface area (Å²) in [5.74, 6) is -0.190. The molecule has 0 spiro atoms. The predicted octanol–water partition coefficient (Wildman–Crippen LogP) is 2.53. The first kappa shape index (κ1) is 15.3. The van der Waals surface area contributed by atoms with E-state index in [1.165, 1.54) is 31.7 Å². The topological polar surface area (TPSA) is 94.0 Å². The number of amides is 1. The lowest BCUT2D eigenvalue weighted by Crippen LogP contribution is -2.20. The largest absolute Gasteiger partial charge is 0.384 e. The molecule has 0 aliphatic carbocycles. The maximum atomic E-state index is 11.4. The van der Waals surface area contributed by atoms with E-state index in [4.69, 9.17) is 11.5 Å². The van der Waals surface area contributed by atoms with Crippen LogP contribution in [-0.2, 0) is 0 Å². The van der Waals surface area contributed by atoms with Crippen LogP contribution in [0, 0.1) is 0 Å². The first-order valence-corrected chi connectivity index (χ1v) is 6.86. The van der Waals surface area contributed by atoms with Crippen molar-refractivity contribution in [3.05, 3.63) is 17.8 Å². The molecule has 1 atom stereocenters. The smallest absolute Gasteiger partial charge is 0.250 e. The number of nitrogens with zero attached hydrogens (tertiary/aromatic N) is 1. The van der Waals surface area contributed by atoms with Crippen molar-refractivity contribution in [2.24, 2.45) is 5.73 Å². The number of nitrogens with one attached hydrogen (secondary N) is 1. The maximum absolute atomic E-state index is 11.4. The summed E-state index contributed by atoms with van der Waals surface area (Å²) in [5, 5.41) is 3.28. The van der Waals surface area contributed by atoms with Crippen LogP contribution in [0.5, 0.6) is 0 Å². The van der Waals surface area contributed by atoms with Gasteiger partial charge in [0.1, 0.15) is 5.82 Å². The van der Waals surface area contributed by atoms with Gasteiger partial charge in [-0.05, 0) is 19.4 Å². The van der Waals surface area contributed by atoms with Gasteiger partial charge in [-0.3, -0.25) is 4.79 Å². The number of hydrogen-bond acceptors (Lipinski definition) is 4. The van der Waals surface area contributed by atoms with Gasteiger partial charge in [-0.2, -0.15) is 0 Å². The number of aromatic nitrogens is 1. The number of rotatable bonds is 8. The second kappa shape index (κ2) is 7.61. The molecule has 5 nitrogen and oxygen atoms in total. The molecule has 1 amide bonds. The van der Waals surface area contributed by atoms with Gasteiger partial charge in [-0.25, -0.2) is 4.98 Å². The van der Waals surface area contributed by atoms with Gasteiger partial charge in [0.2, 0.25) is 0 Å². The summed E-state index contributed by atoms with van der Waals surface area (Å²) in [6, 6.07) is 1.79. The number of unbranched alkanes of at least 4 members (excludes halogenated alkanes) is 3. The Kier molecular flexibility index (Phi) is 6.12. The predicted molar refractivity (Wildman–Crippen MR) is 79.0 cm³/mol. The van der Waals surface area contributed by atoms with Gasteiger partial charge in [0, 0.05) is 6.04 Å². The number of anilines is 2. The molecule has 0 fully saturated rings. The third-order valence-corrected chi connectivity index (χ3v) is 3.08. The van der Waals surface area contributed by atoms with Gasteiger partial charge in [-0.1, -0.05) is 32.6 Å². The second-order valence-electron chi connectivity index (χ2n) is 4.91. The lowest BCUT2D eigenvalue weighted by Gasteiger charge is -2.17. The fraction of sp³-hybridized carbons (Fsp3) is 0.571. The molecule has 1 aromatic rings. The molecule has 0 aliphatic rings. The Bertz CT molecular complexity index is 420. The minimum Gasteiger partial charge on any atom is -0.384 e. The standard InChI is InChI=1S/C14H24N4O/c1-3-4-5-6-7-10(2)18-12-9-17-13(15)8-11(12)14(16)19/h8-10,18H,3-7H2,1-2H3,(H2,15,17)(H2,16,19). The van der Waals surface area contributed by atoms with Crippen molar-refractivity contribution < 1.29 is 4.79 Å². The van der Waals surface area contributed by atoms with E-state index in [9.17, 15) is 4.79 Å². The van der Waals surface area contributed by atoms with E-state index in [-0.39, 0.29) is 6.04 Å². The molecular formula is C14H24N4O. The van der Waals surface area contributed by atoms with Crippen LogP contribution in [0.2, 0.25) is 0 Å².